The maximum atomic E-state index is 5.83. The van der Waals surface area contributed by atoms with Crippen molar-refractivity contribution in [2.75, 3.05) is 49.1 Å². The summed E-state index contributed by atoms with van der Waals surface area (Å²) in [5, 5.41) is 3.32. The molecule has 3 aliphatic rings. The highest BCUT2D eigenvalue weighted by molar-refractivity contribution is 9.10. The molecule has 3 N–H and O–H groups in total. The van der Waals surface area contributed by atoms with Crippen molar-refractivity contribution in [3.05, 3.63) is 77.9 Å². The molecule has 0 aromatic carbocycles. The van der Waals surface area contributed by atoms with Gasteiger partial charge in [-0.15, -0.1) is 0 Å². The Balaban J connectivity index is 0.000000153. The van der Waals surface area contributed by atoms with E-state index in [4.69, 9.17) is 5.73 Å². The van der Waals surface area contributed by atoms with E-state index in [0.717, 1.165) is 61.3 Å². The second-order valence-electron chi connectivity index (χ2n) is 11.0. The van der Waals surface area contributed by atoms with E-state index in [1.807, 2.05) is 42.7 Å². The lowest BCUT2D eigenvalue weighted by atomic mass is 9.99. The minimum atomic E-state index is 0.396. The standard InChI is InChI=1S/C11H16N2.C10H15N3.C6H13N.C5H4BrN/c1-10-5-8-13(9-6-10)11-4-2-3-7-12-11;11-9-3-6-13(7-4-9)10-2-1-5-12-8-10;1-6-2-4-7-5-3-6;6-5-3-1-2-4-7-5/h2-4,7,10H,5-6,8-9H2,1H3;1-2,5,8-9H,3-4,6-7,11H2;6-7H,2-5H2,1H3;1-4H. The zero-order valence-electron chi connectivity index (χ0n) is 24.3. The molecule has 3 aliphatic heterocycles. The second-order valence-corrected chi connectivity index (χ2v) is 11.8. The van der Waals surface area contributed by atoms with Crippen LogP contribution in [0.4, 0.5) is 11.5 Å². The summed E-state index contributed by atoms with van der Waals surface area (Å²) in [5.74, 6) is 3.00. The largest absolute Gasteiger partial charge is 0.370 e. The number of anilines is 2. The summed E-state index contributed by atoms with van der Waals surface area (Å²) in [6.45, 7) is 11.6. The molecule has 6 heterocycles. The first kappa shape index (κ1) is 32.0. The molecule has 8 heteroatoms. The van der Waals surface area contributed by atoms with Crippen LogP contribution in [0.5, 0.6) is 0 Å². The van der Waals surface area contributed by atoms with Gasteiger partial charge in [-0.05, 0) is 116 Å². The molecule has 7 nitrogen and oxygen atoms in total. The lowest BCUT2D eigenvalue weighted by Gasteiger charge is -2.31. The Bertz CT molecular complexity index is 946. The first-order valence-electron chi connectivity index (χ1n) is 14.8. The third-order valence-corrected chi connectivity index (χ3v) is 8.03. The molecule has 0 amide bonds. The highest BCUT2D eigenvalue weighted by Gasteiger charge is 2.16. The van der Waals surface area contributed by atoms with Crippen molar-refractivity contribution in [1.29, 1.82) is 0 Å². The molecule has 0 bridgehead atoms. The lowest BCUT2D eigenvalue weighted by molar-refractivity contribution is 0.402. The number of aromatic nitrogens is 3. The summed E-state index contributed by atoms with van der Waals surface area (Å²) >= 11 is 3.20. The van der Waals surface area contributed by atoms with Gasteiger partial charge in [0.15, 0.2) is 0 Å². The van der Waals surface area contributed by atoms with Crippen molar-refractivity contribution in [3.63, 3.8) is 0 Å². The van der Waals surface area contributed by atoms with Crippen LogP contribution in [0.1, 0.15) is 52.4 Å². The third-order valence-electron chi connectivity index (χ3n) is 7.56. The van der Waals surface area contributed by atoms with Crippen LogP contribution in [-0.4, -0.2) is 60.3 Å². The van der Waals surface area contributed by atoms with Crippen molar-refractivity contribution in [2.45, 2.75) is 58.4 Å². The van der Waals surface area contributed by atoms with Crippen LogP contribution in [-0.2, 0) is 0 Å². The maximum absolute atomic E-state index is 5.83. The van der Waals surface area contributed by atoms with Gasteiger partial charge in [-0.25, -0.2) is 9.97 Å². The van der Waals surface area contributed by atoms with E-state index in [1.54, 1.807) is 12.4 Å². The molecule has 0 saturated carbocycles. The molecule has 0 aliphatic carbocycles. The monoisotopic (exact) mass is 609 g/mol. The van der Waals surface area contributed by atoms with Crippen LogP contribution >= 0.6 is 15.9 Å². The van der Waals surface area contributed by atoms with E-state index in [1.165, 1.54) is 44.5 Å². The number of rotatable bonds is 2. The topological polar surface area (TPSA) is 83.2 Å². The van der Waals surface area contributed by atoms with Crippen molar-refractivity contribution in [2.24, 2.45) is 17.6 Å². The zero-order valence-corrected chi connectivity index (χ0v) is 25.9. The van der Waals surface area contributed by atoms with Gasteiger partial charge in [-0.3, -0.25) is 4.98 Å². The fraction of sp³-hybridized carbons (Fsp3) is 0.531. The first-order chi connectivity index (χ1) is 19.5. The molecule has 3 aromatic heterocycles. The maximum Gasteiger partial charge on any atom is 0.128 e. The van der Waals surface area contributed by atoms with Gasteiger partial charge in [0.05, 0.1) is 11.9 Å². The lowest BCUT2D eigenvalue weighted by Crippen LogP contribution is -2.39. The highest BCUT2D eigenvalue weighted by Crippen LogP contribution is 2.20. The Morgan fingerprint density at radius 3 is 1.82 bits per heavy atom. The Labute approximate surface area is 250 Å². The fourth-order valence-electron chi connectivity index (χ4n) is 4.79. The number of nitrogens with zero attached hydrogens (tertiary/aromatic N) is 5. The number of piperidine rings is 3. The average Bonchev–Trinajstić information content (AvgIpc) is 3.01. The van der Waals surface area contributed by atoms with Gasteiger partial charge in [0.1, 0.15) is 10.4 Å². The van der Waals surface area contributed by atoms with E-state index in [9.17, 15) is 0 Å². The van der Waals surface area contributed by atoms with Gasteiger partial charge < -0.3 is 20.9 Å². The Morgan fingerprint density at radius 1 is 0.725 bits per heavy atom. The number of nitrogens with one attached hydrogen (secondary N) is 1. The minimum absolute atomic E-state index is 0.396. The highest BCUT2D eigenvalue weighted by atomic mass is 79.9. The van der Waals surface area contributed by atoms with E-state index in [0.29, 0.717) is 6.04 Å². The number of hydrogen-bond donors (Lipinski definition) is 2. The molecule has 3 aromatic rings. The van der Waals surface area contributed by atoms with Crippen LogP contribution in [0, 0.1) is 11.8 Å². The van der Waals surface area contributed by atoms with Gasteiger partial charge in [-0.2, -0.15) is 0 Å². The third kappa shape index (κ3) is 12.7. The number of halogens is 1. The molecule has 0 radical (unpaired) electrons. The summed E-state index contributed by atoms with van der Waals surface area (Å²) in [6, 6.07) is 16.3. The smallest absolute Gasteiger partial charge is 0.128 e. The Morgan fingerprint density at radius 2 is 1.35 bits per heavy atom. The zero-order chi connectivity index (χ0) is 28.4. The van der Waals surface area contributed by atoms with Crippen molar-refractivity contribution < 1.29 is 0 Å². The molecule has 0 atom stereocenters. The Kier molecular flexibility index (Phi) is 15.0. The van der Waals surface area contributed by atoms with Gasteiger partial charge in [0.25, 0.3) is 0 Å². The summed E-state index contributed by atoms with van der Waals surface area (Å²) in [5.41, 5.74) is 7.05. The second kappa shape index (κ2) is 18.7. The number of pyridine rings is 3. The molecule has 40 heavy (non-hydrogen) atoms. The van der Waals surface area contributed by atoms with Gasteiger partial charge in [0, 0.05) is 50.8 Å². The van der Waals surface area contributed by atoms with E-state index >= 15 is 0 Å². The van der Waals surface area contributed by atoms with Gasteiger partial charge in [-0.1, -0.05) is 26.0 Å². The van der Waals surface area contributed by atoms with Crippen molar-refractivity contribution in [1.82, 2.24) is 20.3 Å². The van der Waals surface area contributed by atoms with E-state index < -0.39 is 0 Å². The summed E-state index contributed by atoms with van der Waals surface area (Å²) in [6.07, 6.45) is 14.9. The average molecular weight is 611 g/mol. The molecular weight excluding hydrogens is 562 g/mol. The molecular formula is C32H48BrN7. The SMILES string of the molecule is Brc1ccccn1.CC1CCN(c2ccccn2)CC1.CC1CCNCC1.NC1CCN(c2cccnc2)CC1. The molecule has 3 saturated heterocycles. The predicted octanol–water partition coefficient (Wildman–Crippen LogP) is 6.18. The summed E-state index contributed by atoms with van der Waals surface area (Å²) < 4.78 is 0.884. The van der Waals surface area contributed by atoms with Crippen LogP contribution in [0.25, 0.3) is 0 Å². The fourth-order valence-corrected chi connectivity index (χ4v) is 5.06. The number of nitrogens with two attached hydrogens (primary N) is 1. The van der Waals surface area contributed by atoms with Crippen molar-refractivity contribution in [3.8, 4) is 0 Å². The predicted molar refractivity (Wildman–Crippen MR) is 172 cm³/mol. The van der Waals surface area contributed by atoms with Gasteiger partial charge in [0.2, 0.25) is 0 Å². The molecule has 218 valence electrons. The minimum Gasteiger partial charge on any atom is -0.370 e. The molecule has 0 unspecified atom stereocenters. The molecule has 3 fully saturated rings. The Hall–Kier alpha value is -2.55. The first-order valence-corrected chi connectivity index (χ1v) is 15.6. The van der Waals surface area contributed by atoms with Gasteiger partial charge >= 0.3 is 0 Å². The summed E-state index contributed by atoms with van der Waals surface area (Å²) in [7, 11) is 0. The summed E-state index contributed by atoms with van der Waals surface area (Å²) in [4.78, 5) is 17.1. The van der Waals surface area contributed by atoms with E-state index in [-0.39, 0.29) is 0 Å². The normalized spacial score (nSPS) is 18.3. The number of hydrogen-bond acceptors (Lipinski definition) is 7. The van der Waals surface area contributed by atoms with Crippen LogP contribution in [0.3, 0.4) is 0 Å². The van der Waals surface area contributed by atoms with E-state index in [2.05, 4.69) is 78.0 Å². The van der Waals surface area contributed by atoms with Crippen molar-refractivity contribution >= 4 is 27.4 Å². The van der Waals surface area contributed by atoms with Crippen LogP contribution < -0.4 is 20.9 Å². The van der Waals surface area contributed by atoms with Crippen LogP contribution in [0.2, 0.25) is 0 Å². The van der Waals surface area contributed by atoms with Crippen LogP contribution in [0.15, 0.2) is 77.9 Å². The quantitative estimate of drug-likeness (QED) is 0.336. The molecule has 6 rings (SSSR count). The molecule has 0 spiro atoms.